The molecule has 0 saturated carbocycles. The molecule has 142 valence electrons. The summed E-state index contributed by atoms with van der Waals surface area (Å²) in [5, 5.41) is 10.9. The zero-order valence-electron chi connectivity index (χ0n) is 15.1. The number of anilines is 1. The number of ether oxygens (including phenoxy) is 1. The molecule has 0 fully saturated rings. The number of non-ortho nitro benzene ring substituents is 1. The zero-order valence-corrected chi connectivity index (χ0v) is 15.1. The Hall–Kier alpha value is -3.42. The third kappa shape index (κ3) is 4.81. The van der Waals surface area contributed by atoms with Crippen molar-refractivity contribution in [3.8, 4) is 0 Å². The van der Waals surface area contributed by atoms with Crippen LogP contribution in [-0.4, -0.2) is 42.0 Å². The van der Waals surface area contributed by atoms with Crippen molar-refractivity contribution < 1.29 is 19.2 Å². The van der Waals surface area contributed by atoms with Gasteiger partial charge in [-0.1, -0.05) is 19.2 Å². The fourth-order valence-electron chi connectivity index (χ4n) is 2.69. The van der Waals surface area contributed by atoms with Crippen LogP contribution in [0.3, 0.4) is 0 Å². The van der Waals surface area contributed by atoms with Crippen LogP contribution in [-0.2, 0) is 16.0 Å². The topological polar surface area (TPSA) is 93.0 Å². The van der Waals surface area contributed by atoms with Crippen molar-refractivity contribution in [2.75, 3.05) is 25.0 Å². The first-order valence-corrected chi connectivity index (χ1v) is 8.33. The number of aryl methyl sites for hydroxylation is 1. The highest BCUT2D eigenvalue weighted by Crippen LogP contribution is 2.30. The highest BCUT2D eigenvalue weighted by molar-refractivity contribution is 5.96. The number of nitro benzene ring substituents is 1. The lowest BCUT2D eigenvalue weighted by molar-refractivity contribution is -0.384. The Balaban J connectivity index is 2.07. The van der Waals surface area contributed by atoms with Crippen LogP contribution in [0.1, 0.15) is 12.0 Å². The van der Waals surface area contributed by atoms with Crippen LogP contribution in [0.5, 0.6) is 0 Å². The molecule has 1 aromatic rings. The van der Waals surface area contributed by atoms with Crippen LogP contribution in [0.2, 0.25) is 0 Å². The summed E-state index contributed by atoms with van der Waals surface area (Å²) in [4.78, 5) is 37.8. The summed E-state index contributed by atoms with van der Waals surface area (Å²) >= 11 is 0. The number of hydrogen-bond donors (Lipinski definition) is 0. The molecule has 0 spiro atoms. The van der Waals surface area contributed by atoms with E-state index in [2.05, 4.69) is 13.2 Å². The van der Waals surface area contributed by atoms with Gasteiger partial charge in [0.2, 0.25) is 5.91 Å². The maximum Gasteiger partial charge on any atom is 0.415 e. The zero-order chi connectivity index (χ0) is 20.0. The van der Waals surface area contributed by atoms with E-state index in [4.69, 9.17) is 4.74 Å². The normalized spacial score (nSPS) is 13.6. The van der Waals surface area contributed by atoms with Crippen molar-refractivity contribution in [3.05, 3.63) is 71.0 Å². The molecule has 2 amide bonds. The van der Waals surface area contributed by atoms with Crippen molar-refractivity contribution in [3.63, 3.8) is 0 Å². The van der Waals surface area contributed by atoms with Gasteiger partial charge in [0.05, 0.1) is 4.92 Å². The first-order chi connectivity index (χ1) is 12.9. The molecule has 0 saturated heterocycles. The van der Waals surface area contributed by atoms with Gasteiger partial charge >= 0.3 is 6.09 Å². The second-order valence-electron chi connectivity index (χ2n) is 5.91. The first-order valence-electron chi connectivity index (χ1n) is 8.33. The van der Waals surface area contributed by atoms with E-state index in [9.17, 15) is 19.7 Å². The van der Waals surface area contributed by atoms with E-state index in [1.807, 2.05) is 0 Å². The number of hydrogen-bond acceptors (Lipinski definition) is 5. The maximum absolute atomic E-state index is 12.3. The minimum Gasteiger partial charge on any atom is -0.410 e. The van der Waals surface area contributed by atoms with Gasteiger partial charge in [0.1, 0.15) is 5.76 Å². The molecule has 1 heterocycles. The fourth-order valence-corrected chi connectivity index (χ4v) is 2.69. The van der Waals surface area contributed by atoms with Gasteiger partial charge in [-0.15, -0.1) is 0 Å². The number of carbonyl (C=O) groups excluding carboxylic acids is 2. The minimum absolute atomic E-state index is 0.00490. The van der Waals surface area contributed by atoms with Crippen molar-refractivity contribution in [2.45, 2.75) is 12.8 Å². The molecule has 0 unspecified atom stereocenters. The summed E-state index contributed by atoms with van der Waals surface area (Å²) in [6.45, 7) is 7.57. The number of nitrogens with zero attached hydrogens (tertiary/aromatic N) is 3. The first kappa shape index (κ1) is 19.9. The summed E-state index contributed by atoms with van der Waals surface area (Å²) in [5.74, 6) is 0.185. The van der Waals surface area contributed by atoms with Gasteiger partial charge in [0.15, 0.2) is 0 Å². The largest absolute Gasteiger partial charge is 0.415 e. The summed E-state index contributed by atoms with van der Waals surface area (Å²) in [7, 11) is 1.56. The second kappa shape index (κ2) is 8.79. The number of likely N-dealkylation sites (N-methyl/N-ethyl adjacent to an activating group) is 1. The Morgan fingerprint density at radius 2 is 2.15 bits per heavy atom. The summed E-state index contributed by atoms with van der Waals surface area (Å²) in [5.41, 5.74) is 1.38. The van der Waals surface area contributed by atoms with Crippen LogP contribution in [0.25, 0.3) is 0 Å². The van der Waals surface area contributed by atoms with Crippen LogP contribution >= 0.6 is 0 Å². The van der Waals surface area contributed by atoms with E-state index < -0.39 is 11.0 Å². The maximum atomic E-state index is 12.3. The van der Waals surface area contributed by atoms with E-state index in [-0.39, 0.29) is 36.9 Å². The lowest BCUT2D eigenvalue weighted by Crippen LogP contribution is -2.41. The number of rotatable bonds is 7. The third-order valence-corrected chi connectivity index (χ3v) is 4.13. The van der Waals surface area contributed by atoms with Crippen LogP contribution in [0.15, 0.2) is 55.3 Å². The van der Waals surface area contributed by atoms with E-state index in [0.717, 1.165) is 5.56 Å². The van der Waals surface area contributed by atoms with Gasteiger partial charge in [-0.05, 0) is 30.2 Å². The number of amides is 2. The minimum atomic E-state index is -0.587. The predicted molar refractivity (Wildman–Crippen MR) is 101 cm³/mol. The highest BCUT2D eigenvalue weighted by Gasteiger charge is 2.26. The van der Waals surface area contributed by atoms with Gasteiger partial charge in [-0.25, -0.2) is 4.79 Å². The average Bonchev–Trinajstić information content (AvgIpc) is 2.65. The molecule has 1 aliphatic heterocycles. The Morgan fingerprint density at radius 3 is 2.78 bits per heavy atom. The molecule has 0 aromatic heterocycles. The monoisotopic (exact) mass is 371 g/mol. The van der Waals surface area contributed by atoms with Gasteiger partial charge in [0.25, 0.3) is 5.69 Å². The third-order valence-electron chi connectivity index (χ3n) is 4.13. The molecule has 8 heteroatoms. The van der Waals surface area contributed by atoms with Crippen molar-refractivity contribution >= 4 is 23.4 Å². The quantitative estimate of drug-likeness (QED) is 0.318. The van der Waals surface area contributed by atoms with Crippen LogP contribution in [0.4, 0.5) is 16.2 Å². The van der Waals surface area contributed by atoms with Gasteiger partial charge < -0.3 is 14.5 Å². The second-order valence-corrected chi connectivity index (χ2v) is 5.91. The summed E-state index contributed by atoms with van der Waals surface area (Å²) < 4.78 is 5.16. The Kier molecular flexibility index (Phi) is 6.48. The van der Waals surface area contributed by atoms with Crippen molar-refractivity contribution in [2.24, 2.45) is 0 Å². The molecular formula is C19H21N3O5. The molecular weight excluding hydrogens is 350 g/mol. The Labute approximate surface area is 157 Å². The number of carbonyl (C=O) groups is 2. The van der Waals surface area contributed by atoms with Crippen LogP contribution < -0.4 is 4.90 Å². The molecule has 0 N–H and O–H groups in total. The standard InChI is InChI=1S/C19H21N3O5/c1-4-6-16(5-2)27-19(24)20(3)11-12-21-17-9-8-15(22(25)26)13-14(17)7-10-18(21)23/h4-6,8-9,13H,1-2,7,10-12H2,3H3/b16-6+. The van der Waals surface area contributed by atoms with Crippen molar-refractivity contribution in [1.29, 1.82) is 0 Å². The van der Waals surface area contributed by atoms with Crippen molar-refractivity contribution in [1.82, 2.24) is 4.90 Å². The Bertz CT molecular complexity index is 816. The molecule has 2 rings (SSSR count). The lowest BCUT2D eigenvalue weighted by Gasteiger charge is -2.30. The predicted octanol–water partition coefficient (Wildman–Crippen LogP) is 3.20. The van der Waals surface area contributed by atoms with E-state index in [0.29, 0.717) is 12.1 Å². The SMILES string of the molecule is C=C/C=C(\C=C)OC(=O)N(C)CCN1C(=O)CCc2cc([N+](=O)[O-])ccc21. The molecule has 1 aromatic carbocycles. The van der Waals surface area contributed by atoms with Gasteiger partial charge in [-0.2, -0.15) is 0 Å². The van der Waals surface area contributed by atoms with E-state index in [1.54, 1.807) is 18.0 Å². The molecule has 0 radical (unpaired) electrons. The fraction of sp³-hybridized carbons (Fsp3) is 0.263. The van der Waals surface area contributed by atoms with Crippen LogP contribution in [0, 0.1) is 10.1 Å². The summed E-state index contributed by atoms with van der Waals surface area (Å²) in [6.07, 6.45) is 4.52. The van der Waals surface area contributed by atoms with E-state index in [1.165, 1.54) is 35.3 Å². The number of allylic oxidation sites excluding steroid dienone is 3. The lowest BCUT2D eigenvalue weighted by atomic mass is 10.0. The average molecular weight is 371 g/mol. The van der Waals surface area contributed by atoms with Gasteiger partial charge in [-0.3, -0.25) is 14.9 Å². The smallest absolute Gasteiger partial charge is 0.410 e. The number of fused-ring (bicyclic) bond motifs is 1. The summed E-state index contributed by atoms with van der Waals surface area (Å²) in [6, 6.07) is 4.44. The van der Waals surface area contributed by atoms with Gasteiger partial charge in [0, 0.05) is 44.4 Å². The van der Waals surface area contributed by atoms with E-state index >= 15 is 0 Å². The molecule has 0 atom stereocenters. The molecule has 1 aliphatic rings. The molecule has 27 heavy (non-hydrogen) atoms. The molecule has 0 aliphatic carbocycles. The number of benzene rings is 1. The highest BCUT2D eigenvalue weighted by atomic mass is 16.6. The molecule has 0 bridgehead atoms. The molecule has 8 nitrogen and oxygen atoms in total. The Morgan fingerprint density at radius 1 is 1.41 bits per heavy atom. The number of nitro groups is 1.